The maximum atomic E-state index is 12.3. The molecule has 6 N–H and O–H groups in total. The molecule has 1 heterocycles. The van der Waals surface area contributed by atoms with Gasteiger partial charge in [-0.3, -0.25) is 24.0 Å². The molecule has 1 rings (SSSR count). The van der Waals surface area contributed by atoms with Gasteiger partial charge in [0.15, 0.2) is 2.74 Å². The van der Waals surface area contributed by atoms with E-state index in [1.165, 1.54) is 44.9 Å². The van der Waals surface area contributed by atoms with Crippen molar-refractivity contribution in [1.29, 1.82) is 0 Å². The van der Waals surface area contributed by atoms with E-state index in [-0.39, 0.29) is 40.1 Å². The third kappa shape index (κ3) is 31.6. The zero-order chi connectivity index (χ0) is 36.0. The number of nitrogens with two attached hydrogens (primary N) is 1. The molecule has 1 aliphatic rings. The third-order valence-corrected chi connectivity index (χ3v) is 16.6. The molecule has 0 unspecified atom stereocenters. The second kappa shape index (κ2) is 31.4. The van der Waals surface area contributed by atoms with Crippen LogP contribution in [0.3, 0.4) is 0 Å². The molecule has 16 heteroatoms. The summed E-state index contributed by atoms with van der Waals surface area (Å²) in [6.45, 7) is 0.376. The minimum atomic E-state index is -1.06. The Kier molecular flexibility index (Phi) is 31.1. The highest BCUT2D eigenvalue weighted by atomic mass is 33.2. The minimum absolute atomic E-state index is 0.0352. The summed E-state index contributed by atoms with van der Waals surface area (Å²) in [6.07, 6.45) is 17.7. The SMILES string of the molecule is N[C@@H](CCCCNC(=O)CC[C@H](CC(=O)CCCCCCCCCCCCCCCCC(=O)O)C(=O)O)C(=O)O.SCSSC1(S)SS1. The van der Waals surface area contributed by atoms with E-state index in [9.17, 15) is 29.1 Å². The lowest BCUT2D eigenvalue weighted by molar-refractivity contribution is -0.144. The molecule has 0 aromatic carbocycles. The number of unbranched alkanes of at least 4 members (excludes halogenated alkanes) is 14. The zero-order valence-corrected chi connectivity index (χ0v) is 33.2. The molecule has 2 atom stereocenters. The van der Waals surface area contributed by atoms with E-state index in [4.69, 9.17) is 15.9 Å². The van der Waals surface area contributed by atoms with Crippen LogP contribution in [0.2, 0.25) is 0 Å². The van der Waals surface area contributed by atoms with Crippen LogP contribution in [0.15, 0.2) is 0 Å². The Labute approximate surface area is 314 Å². The lowest BCUT2D eigenvalue weighted by Crippen LogP contribution is -2.30. The Morgan fingerprint density at radius 3 is 1.62 bits per heavy atom. The summed E-state index contributed by atoms with van der Waals surface area (Å²) in [5, 5.41) is 30.4. The normalized spacial score (nSPS) is 14.3. The number of carbonyl (C=O) groups is 5. The van der Waals surface area contributed by atoms with Crippen LogP contribution in [0.1, 0.15) is 141 Å². The fourth-order valence-electron chi connectivity index (χ4n) is 4.81. The molecular weight excluding hydrogens is 733 g/mol. The Morgan fingerprint density at radius 1 is 0.688 bits per heavy atom. The lowest BCUT2D eigenvalue weighted by Gasteiger charge is -2.12. The molecule has 0 aromatic rings. The molecule has 10 nitrogen and oxygen atoms in total. The molecule has 1 amide bonds. The largest absolute Gasteiger partial charge is 0.481 e. The molecule has 0 radical (unpaired) electrons. The van der Waals surface area contributed by atoms with Gasteiger partial charge in [0.05, 0.1) is 5.92 Å². The van der Waals surface area contributed by atoms with Gasteiger partial charge in [0, 0.05) is 37.3 Å². The summed E-state index contributed by atoms with van der Waals surface area (Å²) < 4.78 is 0.160. The van der Waals surface area contributed by atoms with Gasteiger partial charge in [-0.2, -0.15) is 12.6 Å². The van der Waals surface area contributed by atoms with Gasteiger partial charge in [0.1, 0.15) is 11.8 Å². The first-order chi connectivity index (χ1) is 22.9. The standard InChI is InChI=1S/C30H54N2O8.C2H4S6/c31-26(30(39)40)18-15-16-22-32-27(34)21-20-24(29(37)38)23-25(33)17-13-11-9-7-5-3-1-2-4-6-8-10-12-14-19-28(35)36;3-1-5-6-2(4)7-8-2/h24,26H,1-23,31H2,(H,32,34)(H,35,36)(H,37,38)(H,39,40);3-4H,1H2/t24-,26+;/m1./s1. The smallest absolute Gasteiger partial charge is 0.320 e. The number of ketones is 1. The summed E-state index contributed by atoms with van der Waals surface area (Å²) in [4.78, 5) is 56.9. The topological polar surface area (TPSA) is 184 Å². The summed E-state index contributed by atoms with van der Waals surface area (Å²) in [6, 6.07) is -0.906. The van der Waals surface area contributed by atoms with Gasteiger partial charge in [-0.15, -0.1) is 12.6 Å². The van der Waals surface area contributed by atoms with Crippen molar-refractivity contribution in [3.63, 3.8) is 0 Å². The quantitative estimate of drug-likeness (QED) is 0.0113. The first-order valence-corrected chi connectivity index (χ1v) is 22.7. The van der Waals surface area contributed by atoms with Gasteiger partial charge in [0.25, 0.3) is 0 Å². The summed E-state index contributed by atoms with van der Waals surface area (Å²) >= 11 is 8.38. The van der Waals surface area contributed by atoms with Crippen LogP contribution >= 0.6 is 68.4 Å². The van der Waals surface area contributed by atoms with Crippen molar-refractivity contribution in [3.05, 3.63) is 0 Å². The van der Waals surface area contributed by atoms with Gasteiger partial charge in [-0.25, -0.2) is 0 Å². The average Bonchev–Trinajstić information content (AvgIpc) is 3.78. The Hall–Kier alpha value is -0.390. The van der Waals surface area contributed by atoms with Gasteiger partial charge >= 0.3 is 17.9 Å². The fourth-order valence-corrected chi connectivity index (χ4v) is 10.6. The van der Waals surface area contributed by atoms with Crippen LogP contribution in [0.5, 0.6) is 0 Å². The first-order valence-electron chi connectivity index (χ1n) is 17.1. The van der Waals surface area contributed by atoms with Crippen LogP contribution in [-0.2, 0) is 24.0 Å². The lowest BCUT2D eigenvalue weighted by atomic mass is 9.94. The molecule has 0 spiro atoms. The number of amides is 1. The molecular formula is C32H58N2O8S6. The molecule has 48 heavy (non-hydrogen) atoms. The molecule has 0 aliphatic carbocycles. The number of carbonyl (C=O) groups excluding carboxylic acids is 2. The van der Waals surface area contributed by atoms with E-state index >= 15 is 0 Å². The number of aliphatic carboxylic acids is 3. The van der Waals surface area contributed by atoms with Gasteiger partial charge in [-0.1, -0.05) is 98.6 Å². The van der Waals surface area contributed by atoms with Crippen molar-refractivity contribution in [2.75, 3.05) is 11.6 Å². The van der Waals surface area contributed by atoms with E-state index in [0.717, 1.165) is 50.0 Å². The maximum absolute atomic E-state index is 12.3. The molecule has 1 fully saturated rings. The monoisotopic (exact) mass is 790 g/mol. The number of carboxylic acids is 3. The summed E-state index contributed by atoms with van der Waals surface area (Å²) in [5.74, 6) is -4.01. The molecule has 1 aliphatic heterocycles. The van der Waals surface area contributed by atoms with Crippen LogP contribution in [0.25, 0.3) is 0 Å². The van der Waals surface area contributed by atoms with Gasteiger partial charge < -0.3 is 26.4 Å². The van der Waals surface area contributed by atoms with Gasteiger partial charge in [-0.05, 0) is 60.1 Å². The number of hydrogen-bond donors (Lipinski definition) is 7. The number of thiol groups is 2. The highest BCUT2D eigenvalue weighted by Crippen LogP contribution is 2.75. The van der Waals surface area contributed by atoms with Crippen molar-refractivity contribution < 1.29 is 39.3 Å². The molecule has 280 valence electrons. The first kappa shape index (κ1) is 47.6. The summed E-state index contributed by atoms with van der Waals surface area (Å²) in [5.41, 5.74) is 5.43. The van der Waals surface area contributed by atoms with Gasteiger partial charge in [0.2, 0.25) is 5.91 Å². The van der Waals surface area contributed by atoms with Crippen molar-refractivity contribution in [3.8, 4) is 0 Å². The Morgan fingerprint density at radius 2 is 1.19 bits per heavy atom. The predicted molar refractivity (Wildman–Crippen MR) is 210 cm³/mol. The number of carboxylic acid groups (broad SMARTS) is 3. The van der Waals surface area contributed by atoms with Crippen molar-refractivity contribution in [2.24, 2.45) is 11.7 Å². The van der Waals surface area contributed by atoms with Crippen LogP contribution in [0.4, 0.5) is 0 Å². The molecule has 0 bridgehead atoms. The maximum Gasteiger partial charge on any atom is 0.320 e. The number of hydrogen-bond acceptors (Lipinski definition) is 12. The minimum Gasteiger partial charge on any atom is -0.481 e. The number of rotatable bonds is 32. The molecule has 0 aromatic heterocycles. The summed E-state index contributed by atoms with van der Waals surface area (Å²) in [7, 11) is 7.11. The fraction of sp³-hybridized carbons (Fsp3) is 0.844. The van der Waals surface area contributed by atoms with Crippen LogP contribution in [0, 0.1) is 5.92 Å². The van der Waals surface area contributed by atoms with E-state index in [1.807, 2.05) is 0 Å². The second-order valence-corrected chi connectivity index (χ2v) is 20.1. The van der Waals surface area contributed by atoms with Crippen molar-refractivity contribution in [1.82, 2.24) is 5.32 Å². The van der Waals surface area contributed by atoms with Crippen molar-refractivity contribution in [2.45, 2.75) is 150 Å². The van der Waals surface area contributed by atoms with E-state index in [1.54, 1.807) is 43.2 Å². The number of nitrogens with one attached hydrogen (secondary N) is 1. The zero-order valence-electron chi connectivity index (χ0n) is 28.1. The average molecular weight is 791 g/mol. The predicted octanol–water partition coefficient (Wildman–Crippen LogP) is 8.64. The van der Waals surface area contributed by atoms with E-state index in [0.29, 0.717) is 32.2 Å². The second-order valence-electron chi connectivity index (χ2n) is 12.0. The highest BCUT2D eigenvalue weighted by Gasteiger charge is 2.43. The van der Waals surface area contributed by atoms with Crippen molar-refractivity contribution >= 4 is 98.0 Å². The van der Waals surface area contributed by atoms with Crippen LogP contribution < -0.4 is 11.1 Å². The highest BCUT2D eigenvalue weighted by molar-refractivity contribution is 9.07. The Bertz CT molecular complexity index is 914. The van der Waals surface area contributed by atoms with E-state index in [2.05, 4.69) is 30.6 Å². The Balaban J connectivity index is 0.00000239. The molecule has 0 saturated carbocycles. The van der Waals surface area contributed by atoms with Crippen LogP contribution in [-0.4, -0.2) is 65.3 Å². The van der Waals surface area contributed by atoms with E-state index < -0.39 is 29.9 Å². The molecule has 1 saturated heterocycles. The number of Topliss-reactive ketones (excluding diaryl/α,β-unsaturated/α-hetero) is 1. The third-order valence-electron chi connectivity index (χ3n) is 7.66.